The lowest BCUT2D eigenvalue weighted by Crippen LogP contribution is -2.21. The molecule has 1 N–H and O–H groups in total. The monoisotopic (exact) mass is 531 g/mol. The van der Waals surface area contributed by atoms with Gasteiger partial charge >= 0.3 is 11.5 Å². The van der Waals surface area contributed by atoms with Crippen LogP contribution in [0.5, 0.6) is 0 Å². The summed E-state index contributed by atoms with van der Waals surface area (Å²) in [6.07, 6.45) is 1.62. The number of hydrogen-bond donors (Lipinski definition) is 1. The third-order valence-corrected chi connectivity index (χ3v) is 5.30. The lowest BCUT2D eigenvalue weighted by atomic mass is 10.2. The summed E-state index contributed by atoms with van der Waals surface area (Å²) in [4.78, 5) is 32.6. The molecule has 0 aliphatic rings. The standard InChI is InChI=1S/C16H12BrCl2N7O5/c1-8-14(25(28)29)16(26(30)31)22-24(8)7-13(27)20-15-11(17)6-23(21-15)5-9-2-3-10(18)4-12(9)19/h2-4,6H,5,7H2,1H3,(H,20,21,27). The number of amides is 1. The summed E-state index contributed by atoms with van der Waals surface area (Å²) < 4.78 is 2.90. The maximum Gasteiger partial charge on any atom is 0.468 e. The Labute approximate surface area is 192 Å². The van der Waals surface area contributed by atoms with Gasteiger partial charge in [-0.1, -0.05) is 29.3 Å². The lowest BCUT2D eigenvalue weighted by molar-refractivity contribution is -0.424. The number of carbonyl (C=O) groups is 1. The quantitative estimate of drug-likeness (QED) is 0.357. The van der Waals surface area contributed by atoms with Gasteiger partial charge in [-0.3, -0.25) is 19.6 Å². The summed E-state index contributed by atoms with van der Waals surface area (Å²) in [5, 5.41) is 33.4. The van der Waals surface area contributed by atoms with Gasteiger partial charge < -0.3 is 15.4 Å². The second-order valence-corrected chi connectivity index (χ2v) is 7.93. The number of aromatic nitrogens is 4. The molecule has 2 heterocycles. The van der Waals surface area contributed by atoms with E-state index in [-0.39, 0.29) is 11.5 Å². The van der Waals surface area contributed by atoms with E-state index >= 15 is 0 Å². The van der Waals surface area contributed by atoms with Crippen LogP contribution in [0.2, 0.25) is 10.0 Å². The zero-order chi connectivity index (χ0) is 22.9. The van der Waals surface area contributed by atoms with Crippen molar-refractivity contribution in [3.63, 3.8) is 0 Å². The van der Waals surface area contributed by atoms with Gasteiger partial charge in [-0.05, 0) is 45.5 Å². The zero-order valence-electron chi connectivity index (χ0n) is 15.6. The molecule has 0 aliphatic carbocycles. The van der Waals surface area contributed by atoms with Crippen molar-refractivity contribution in [2.75, 3.05) is 5.32 Å². The maximum absolute atomic E-state index is 12.4. The molecular weight excluding hydrogens is 521 g/mol. The third kappa shape index (κ3) is 5.00. The van der Waals surface area contributed by atoms with Crippen LogP contribution in [0, 0.1) is 27.2 Å². The van der Waals surface area contributed by atoms with Gasteiger partial charge in [0.15, 0.2) is 5.82 Å². The molecule has 0 unspecified atom stereocenters. The predicted octanol–water partition coefficient (Wildman–Crippen LogP) is 3.96. The Balaban J connectivity index is 1.75. The summed E-state index contributed by atoms with van der Waals surface area (Å²) in [5.41, 5.74) is -0.123. The molecule has 3 aromatic rings. The van der Waals surface area contributed by atoms with E-state index in [0.29, 0.717) is 21.1 Å². The van der Waals surface area contributed by atoms with Crippen LogP contribution in [-0.2, 0) is 17.9 Å². The van der Waals surface area contributed by atoms with Gasteiger partial charge in [0.25, 0.3) is 0 Å². The molecule has 15 heteroatoms. The third-order valence-electron chi connectivity index (χ3n) is 4.13. The molecule has 0 spiro atoms. The van der Waals surface area contributed by atoms with Crippen molar-refractivity contribution >= 4 is 62.4 Å². The van der Waals surface area contributed by atoms with Crippen LogP contribution >= 0.6 is 39.1 Å². The highest BCUT2D eigenvalue weighted by Gasteiger charge is 2.35. The Morgan fingerprint density at radius 2 is 1.94 bits per heavy atom. The van der Waals surface area contributed by atoms with Crippen molar-refractivity contribution in [2.24, 2.45) is 0 Å². The van der Waals surface area contributed by atoms with Crippen molar-refractivity contribution in [3.05, 3.63) is 70.4 Å². The molecule has 0 fully saturated rings. The molecule has 0 saturated carbocycles. The van der Waals surface area contributed by atoms with Crippen LogP contribution in [-0.4, -0.2) is 35.3 Å². The summed E-state index contributed by atoms with van der Waals surface area (Å²) >= 11 is 15.3. The predicted molar refractivity (Wildman–Crippen MR) is 114 cm³/mol. The molecule has 0 aliphatic heterocycles. The number of nitrogens with one attached hydrogen (secondary N) is 1. The van der Waals surface area contributed by atoms with Crippen molar-refractivity contribution < 1.29 is 14.6 Å². The molecule has 3 rings (SSSR count). The molecule has 162 valence electrons. The molecule has 0 atom stereocenters. The van der Waals surface area contributed by atoms with Gasteiger partial charge in [0.1, 0.15) is 12.2 Å². The van der Waals surface area contributed by atoms with Crippen LogP contribution < -0.4 is 5.32 Å². The molecule has 0 bridgehead atoms. The molecule has 31 heavy (non-hydrogen) atoms. The van der Waals surface area contributed by atoms with E-state index in [1.165, 1.54) is 11.6 Å². The minimum absolute atomic E-state index is 0.117. The number of carbonyl (C=O) groups excluding carboxylic acids is 1. The summed E-state index contributed by atoms with van der Waals surface area (Å²) in [6, 6.07) is 5.04. The summed E-state index contributed by atoms with van der Waals surface area (Å²) in [7, 11) is 0. The number of anilines is 1. The molecule has 12 nitrogen and oxygen atoms in total. The SMILES string of the molecule is Cc1c([N+](=O)[O-])c([N+](=O)[O-])nn1CC(=O)Nc1nn(Cc2ccc(Cl)cc2Cl)cc1Br. The number of hydrogen-bond acceptors (Lipinski definition) is 7. The second-order valence-electron chi connectivity index (χ2n) is 6.24. The van der Waals surface area contributed by atoms with Crippen LogP contribution in [0.15, 0.2) is 28.9 Å². The second kappa shape index (κ2) is 8.99. The summed E-state index contributed by atoms with van der Waals surface area (Å²) in [6.45, 7) is 1.09. The largest absolute Gasteiger partial charge is 0.468 e. The van der Waals surface area contributed by atoms with E-state index in [9.17, 15) is 25.0 Å². The van der Waals surface area contributed by atoms with E-state index in [1.807, 2.05) is 0 Å². The first-order valence-corrected chi connectivity index (χ1v) is 9.94. The Hall–Kier alpha value is -3.03. The first kappa shape index (κ1) is 22.7. The van der Waals surface area contributed by atoms with E-state index in [1.54, 1.807) is 24.4 Å². The van der Waals surface area contributed by atoms with Crippen LogP contribution in [0.1, 0.15) is 11.3 Å². The highest BCUT2D eigenvalue weighted by atomic mass is 79.9. The van der Waals surface area contributed by atoms with Crippen LogP contribution in [0.3, 0.4) is 0 Å². The van der Waals surface area contributed by atoms with Crippen molar-refractivity contribution in [2.45, 2.75) is 20.0 Å². The average molecular weight is 533 g/mol. The van der Waals surface area contributed by atoms with Crippen LogP contribution in [0.25, 0.3) is 0 Å². The maximum atomic E-state index is 12.4. The Morgan fingerprint density at radius 1 is 1.23 bits per heavy atom. The zero-order valence-corrected chi connectivity index (χ0v) is 18.7. The fourth-order valence-corrected chi connectivity index (χ4v) is 3.59. The Kier molecular flexibility index (Phi) is 6.57. The Morgan fingerprint density at radius 3 is 2.52 bits per heavy atom. The normalized spacial score (nSPS) is 10.8. The topological polar surface area (TPSA) is 151 Å². The molecule has 1 aromatic carbocycles. The fourth-order valence-electron chi connectivity index (χ4n) is 2.71. The number of nitrogens with zero attached hydrogens (tertiary/aromatic N) is 6. The lowest BCUT2D eigenvalue weighted by Gasteiger charge is -2.05. The van der Waals surface area contributed by atoms with Crippen molar-refractivity contribution in [1.82, 2.24) is 19.6 Å². The van der Waals surface area contributed by atoms with E-state index in [4.69, 9.17) is 23.2 Å². The molecular formula is C16H12BrCl2N7O5. The number of rotatable bonds is 7. The van der Waals surface area contributed by atoms with E-state index in [0.717, 1.165) is 10.2 Å². The smallest absolute Gasteiger partial charge is 0.358 e. The van der Waals surface area contributed by atoms with E-state index < -0.39 is 33.8 Å². The molecule has 0 saturated heterocycles. The van der Waals surface area contributed by atoms with Gasteiger partial charge in [0, 0.05) is 16.2 Å². The Bertz CT molecular complexity index is 1210. The minimum Gasteiger partial charge on any atom is -0.358 e. The van der Waals surface area contributed by atoms with Crippen LogP contribution in [0.4, 0.5) is 17.3 Å². The first-order valence-electron chi connectivity index (χ1n) is 8.39. The van der Waals surface area contributed by atoms with Gasteiger partial charge in [0.2, 0.25) is 5.91 Å². The van der Waals surface area contributed by atoms with Crippen molar-refractivity contribution in [3.8, 4) is 0 Å². The fraction of sp³-hybridized carbons (Fsp3) is 0.188. The van der Waals surface area contributed by atoms with Gasteiger partial charge in [-0.25, -0.2) is 0 Å². The van der Waals surface area contributed by atoms with E-state index in [2.05, 4.69) is 31.4 Å². The first-order chi connectivity index (χ1) is 14.6. The highest BCUT2D eigenvalue weighted by Crippen LogP contribution is 2.29. The minimum atomic E-state index is -0.973. The number of benzene rings is 1. The molecule has 0 radical (unpaired) electrons. The highest BCUT2D eigenvalue weighted by molar-refractivity contribution is 9.10. The molecule has 2 aromatic heterocycles. The van der Waals surface area contributed by atoms with Crippen molar-refractivity contribution in [1.29, 1.82) is 0 Å². The van der Waals surface area contributed by atoms with Gasteiger partial charge in [-0.15, -0.1) is 0 Å². The summed E-state index contributed by atoms with van der Waals surface area (Å²) in [5.74, 6) is -1.38. The van der Waals surface area contributed by atoms with Gasteiger partial charge in [0.05, 0.1) is 21.0 Å². The number of halogens is 3. The number of nitro groups is 2. The average Bonchev–Trinajstić information content (AvgIpc) is 3.17. The van der Waals surface area contributed by atoms with Gasteiger partial charge in [-0.2, -0.15) is 9.78 Å². The molecule has 1 amide bonds.